The van der Waals surface area contributed by atoms with Crippen molar-refractivity contribution < 1.29 is 38.9 Å². The van der Waals surface area contributed by atoms with Crippen LogP contribution in [0.15, 0.2) is 6.07 Å². The second kappa shape index (κ2) is 4.58. The van der Waals surface area contributed by atoms with Crippen LogP contribution in [0.1, 0.15) is 5.69 Å². The Hall–Kier alpha value is -1.46. The lowest BCUT2D eigenvalue weighted by Gasteiger charge is -2.06. The lowest BCUT2D eigenvalue weighted by atomic mass is 10.4. The molecule has 0 N–H and O–H groups in total. The monoisotopic (exact) mass is 312 g/mol. The van der Waals surface area contributed by atoms with Crippen LogP contribution in [0.25, 0.3) is 0 Å². The maximum Gasteiger partial charge on any atom is 0.433 e. The Morgan fingerprint density at radius 1 is 1.26 bits per heavy atom. The van der Waals surface area contributed by atoms with Gasteiger partial charge in [-0.15, -0.1) is 5.10 Å². The molecule has 5 nitrogen and oxygen atoms in total. The lowest BCUT2D eigenvalue weighted by Crippen LogP contribution is -2.26. The van der Waals surface area contributed by atoms with Crippen LogP contribution < -0.4 is 4.18 Å². The van der Waals surface area contributed by atoms with Gasteiger partial charge in [-0.05, 0) is 0 Å². The van der Waals surface area contributed by atoms with E-state index in [-0.39, 0.29) is 10.7 Å². The third-order valence-electron chi connectivity index (χ3n) is 1.70. The van der Waals surface area contributed by atoms with Gasteiger partial charge in [0.2, 0.25) is 0 Å². The number of hydrogen-bond donors (Lipinski definition) is 0. The molecule has 0 atom stereocenters. The van der Waals surface area contributed by atoms with E-state index in [1.165, 1.54) is 0 Å². The fourth-order valence-corrected chi connectivity index (χ4v) is 1.91. The van der Waals surface area contributed by atoms with Crippen molar-refractivity contribution in [3.05, 3.63) is 11.8 Å². The zero-order valence-corrected chi connectivity index (χ0v) is 9.90. The first-order valence-electron chi connectivity index (χ1n) is 4.40. The molecule has 12 heteroatoms. The van der Waals surface area contributed by atoms with Crippen LogP contribution in [-0.2, 0) is 23.3 Å². The van der Waals surface area contributed by atoms with Gasteiger partial charge in [0.25, 0.3) is 5.88 Å². The van der Waals surface area contributed by atoms with Crippen molar-refractivity contribution in [2.75, 3.05) is 5.75 Å². The molecular weight excluding hydrogens is 306 g/mol. The van der Waals surface area contributed by atoms with E-state index in [2.05, 4.69) is 9.28 Å². The average molecular weight is 312 g/mol. The van der Waals surface area contributed by atoms with E-state index in [1.807, 2.05) is 0 Å². The number of halogens is 6. The molecule has 1 aromatic rings. The van der Waals surface area contributed by atoms with Crippen molar-refractivity contribution in [2.45, 2.75) is 12.4 Å². The minimum atomic E-state index is -5.11. The van der Waals surface area contributed by atoms with E-state index >= 15 is 0 Å². The Kier molecular flexibility index (Phi) is 3.76. The van der Waals surface area contributed by atoms with Gasteiger partial charge in [-0.1, -0.05) is 0 Å². The molecule has 19 heavy (non-hydrogen) atoms. The van der Waals surface area contributed by atoms with Gasteiger partial charge in [-0.3, -0.25) is 4.68 Å². The molecule has 0 bridgehead atoms. The maximum absolute atomic E-state index is 12.3. The SMILES string of the molecule is Cn1nc(OS(=O)(=O)CC(F)(F)F)cc1C(F)(F)F. The van der Waals surface area contributed by atoms with Crippen LogP contribution in [0.3, 0.4) is 0 Å². The summed E-state index contributed by atoms with van der Waals surface area (Å²) in [4.78, 5) is 0. The van der Waals surface area contributed by atoms with Gasteiger partial charge < -0.3 is 4.18 Å². The van der Waals surface area contributed by atoms with Gasteiger partial charge in [0.15, 0.2) is 5.75 Å². The zero-order valence-electron chi connectivity index (χ0n) is 9.08. The Morgan fingerprint density at radius 3 is 2.16 bits per heavy atom. The lowest BCUT2D eigenvalue weighted by molar-refractivity contribution is -0.143. The van der Waals surface area contributed by atoms with E-state index in [0.29, 0.717) is 0 Å². The van der Waals surface area contributed by atoms with E-state index in [4.69, 9.17) is 0 Å². The van der Waals surface area contributed by atoms with Crippen LogP contribution in [-0.4, -0.2) is 30.1 Å². The van der Waals surface area contributed by atoms with Crippen molar-refractivity contribution in [3.63, 3.8) is 0 Å². The molecule has 0 aliphatic heterocycles. The molecule has 0 radical (unpaired) electrons. The third-order valence-corrected chi connectivity index (χ3v) is 2.81. The Balaban J connectivity index is 2.96. The van der Waals surface area contributed by atoms with Crippen molar-refractivity contribution in [1.82, 2.24) is 9.78 Å². The zero-order chi connectivity index (χ0) is 15.1. The highest BCUT2D eigenvalue weighted by atomic mass is 32.2. The van der Waals surface area contributed by atoms with Gasteiger partial charge in [-0.25, -0.2) is 0 Å². The summed E-state index contributed by atoms with van der Waals surface area (Å²) in [5.74, 6) is -3.41. The third kappa shape index (κ3) is 4.61. The fourth-order valence-electron chi connectivity index (χ4n) is 1.11. The minimum Gasteiger partial charge on any atom is -0.360 e. The standard InChI is InChI=1S/C7H6F6N2O3S/c1-15-4(7(11,12)13)2-5(14-15)18-19(16,17)3-6(8,9)10/h2H,3H2,1H3. The first-order chi connectivity index (χ1) is 8.30. The summed E-state index contributed by atoms with van der Waals surface area (Å²) < 4.78 is 98.5. The van der Waals surface area contributed by atoms with Crippen LogP contribution >= 0.6 is 0 Å². The molecular formula is C7H6F6N2O3S. The largest absolute Gasteiger partial charge is 0.433 e. The number of hydrogen-bond acceptors (Lipinski definition) is 4. The topological polar surface area (TPSA) is 61.2 Å². The smallest absolute Gasteiger partial charge is 0.360 e. The van der Waals surface area contributed by atoms with E-state index in [1.54, 1.807) is 0 Å². The van der Waals surface area contributed by atoms with Gasteiger partial charge in [0.05, 0.1) is 0 Å². The summed E-state index contributed by atoms with van der Waals surface area (Å²) in [7, 11) is -4.27. The Morgan fingerprint density at radius 2 is 1.79 bits per heavy atom. The first-order valence-corrected chi connectivity index (χ1v) is 5.98. The number of rotatable bonds is 3. The number of aromatic nitrogens is 2. The molecule has 0 aliphatic rings. The first kappa shape index (κ1) is 15.6. The normalized spacial score (nSPS) is 13.6. The molecule has 0 aromatic carbocycles. The highest BCUT2D eigenvalue weighted by molar-refractivity contribution is 7.87. The van der Waals surface area contributed by atoms with Crippen molar-refractivity contribution in [1.29, 1.82) is 0 Å². The van der Waals surface area contributed by atoms with Gasteiger partial charge in [-0.2, -0.15) is 34.8 Å². The number of aryl methyl sites for hydroxylation is 1. The summed E-state index contributed by atoms with van der Waals surface area (Å²) in [6.45, 7) is 0. The molecule has 0 spiro atoms. The highest BCUT2D eigenvalue weighted by Gasteiger charge is 2.39. The van der Waals surface area contributed by atoms with E-state index in [0.717, 1.165) is 7.05 Å². The van der Waals surface area contributed by atoms with Crippen molar-refractivity contribution >= 4 is 10.1 Å². The molecule has 0 saturated carbocycles. The Bertz CT molecular complexity index is 558. The molecule has 1 aromatic heterocycles. The molecule has 110 valence electrons. The van der Waals surface area contributed by atoms with Crippen LogP contribution in [0.5, 0.6) is 5.88 Å². The summed E-state index contributed by atoms with van der Waals surface area (Å²) >= 11 is 0. The van der Waals surface area contributed by atoms with Crippen LogP contribution in [0.4, 0.5) is 26.3 Å². The second-order valence-corrected chi connectivity index (χ2v) is 4.96. The van der Waals surface area contributed by atoms with Gasteiger partial charge in [0, 0.05) is 13.1 Å². The second-order valence-electron chi connectivity index (χ2n) is 3.39. The molecule has 1 rings (SSSR count). The van der Waals surface area contributed by atoms with Crippen molar-refractivity contribution in [2.24, 2.45) is 7.05 Å². The predicted octanol–water partition coefficient (Wildman–Crippen LogP) is 1.71. The molecule has 0 aliphatic carbocycles. The van der Waals surface area contributed by atoms with Gasteiger partial charge in [0.1, 0.15) is 5.69 Å². The molecule has 1 heterocycles. The van der Waals surface area contributed by atoms with Crippen LogP contribution in [0, 0.1) is 0 Å². The highest BCUT2D eigenvalue weighted by Crippen LogP contribution is 2.31. The van der Waals surface area contributed by atoms with Crippen LogP contribution in [0.2, 0.25) is 0 Å². The fraction of sp³-hybridized carbons (Fsp3) is 0.571. The summed E-state index contributed by atoms with van der Waals surface area (Å²) in [5, 5.41) is 3.02. The Labute approximate surface area is 102 Å². The predicted molar refractivity (Wildman–Crippen MR) is 48.7 cm³/mol. The summed E-state index contributed by atoms with van der Waals surface area (Å²) in [6.07, 6.45) is -9.91. The number of nitrogens with zero attached hydrogens (tertiary/aromatic N) is 2. The molecule has 0 amide bonds. The summed E-state index contributed by atoms with van der Waals surface area (Å²) in [5.41, 5.74) is -1.36. The minimum absolute atomic E-state index is 0.188. The molecule has 0 saturated heterocycles. The maximum atomic E-state index is 12.3. The van der Waals surface area contributed by atoms with E-state index in [9.17, 15) is 34.8 Å². The quantitative estimate of drug-likeness (QED) is 0.630. The average Bonchev–Trinajstić information content (AvgIpc) is 2.39. The summed E-state index contributed by atoms with van der Waals surface area (Å²) in [6, 6.07) is 0.188. The van der Waals surface area contributed by atoms with E-state index < -0.39 is 39.8 Å². The van der Waals surface area contributed by atoms with Crippen molar-refractivity contribution in [3.8, 4) is 5.88 Å². The molecule has 0 unspecified atom stereocenters. The van der Waals surface area contributed by atoms with Gasteiger partial charge >= 0.3 is 22.5 Å². The number of alkyl halides is 6. The molecule has 0 fully saturated rings.